The molecule has 3 amide bonds. The van der Waals surface area contributed by atoms with Gasteiger partial charge in [0.15, 0.2) is 11.4 Å². The maximum absolute atomic E-state index is 13.6. The summed E-state index contributed by atoms with van der Waals surface area (Å²) < 4.78 is 7.24. The molecule has 0 saturated carbocycles. The molecule has 2 N–H and O–H groups in total. The molecule has 8 nitrogen and oxygen atoms in total. The molecule has 8 heteroatoms. The highest BCUT2D eigenvalue weighted by Crippen LogP contribution is 2.39. The van der Waals surface area contributed by atoms with Crippen LogP contribution in [0.1, 0.15) is 25.0 Å². The molecule has 4 aromatic rings. The molecule has 1 aliphatic heterocycles. The third-order valence-electron chi connectivity index (χ3n) is 7.01. The van der Waals surface area contributed by atoms with Crippen molar-refractivity contribution in [3.05, 3.63) is 78.1 Å². The largest absolute Gasteiger partial charge is 0.494 e. The third-order valence-corrected chi connectivity index (χ3v) is 7.01. The van der Waals surface area contributed by atoms with Gasteiger partial charge < -0.3 is 14.4 Å². The molecular formula is C32H28N4O4. The molecule has 0 aliphatic carbocycles. The number of nitrogens with zero attached hydrogens (tertiary/aromatic N) is 3. The molecule has 200 valence electrons. The van der Waals surface area contributed by atoms with E-state index in [0.29, 0.717) is 16.7 Å². The lowest BCUT2D eigenvalue weighted by atomic mass is 9.87. The first-order valence-electron chi connectivity index (χ1n) is 12.8. The number of benzene rings is 2. The van der Waals surface area contributed by atoms with Gasteiger partial charge in [0.2, 0.25) is 0 Å². The number of carbonyl (C=O) groups excluding carboxylic acids is 2. The maximum atomic E-state index is 13.6. The van der Waals surface area contributed by atoms with Crippen LogP contribution in [-0.2, 0) is 16.9 Å². The fourth-order valence-electron chi connectivity index (χ4n) is 4.95. The van der Waals surface area contributed by atoms with E-state index in [1.807, 2.05) is 49.4 Å². The molecule has 3 heterocycles. The Hall–Kier alpha value is -5.21. The summed E-state index contributed by atoms with van der Waals surface area (Å²) in [6, 6.07) is 16.1. The Bertz CT molecular complexity index is 1730. The van der Waals surface area contributed by atoms with Crippen molar-refractivity contribution < 1.29 is 19.4 Å². The lowest BCUT2D eigenvalue weighted by Gasteiger charge is -2.35. The predicted molar refractivity (Wildman–Crippen MR) is 152 cm³/mol. The molecule has 0 spiro atoms. The number of carbonyl (C=O) groups is 2. The van der Waals surface area contributed by atoms with Crippen LogP contribution in [0.4, 0.5) is 4.79 Å². The molecule has 1 fully saturated rings. The lowest BCUT2D eigenvalue weighted by molar-refractivity contribution is -0.127. The van der Waals surface area contributed by atoms with Gasteiger partial charge in [0.05, 0.1) is 18.8 Å². The van der Waals surface area contributed by atoms with Crippen LogP contribution in [0.3, 0.4) is 0 Å². The van der Waals surface area contributed by atoms with E-state index in [1.165, 1.54) is 4.90 Å². The van der Waals surface area contributed by atoms with E-state index in [4.69, 9.17) is 4.74 Å². The Labute approximate surface area is 232 Å². The van der Waals surface area contributed by atoms with Crippen molar-refractivity contribution in [1.29, 1.82) is 0 Å². The van der Waals surface area contributed by atoms with Gasteiger partial charge in [-0.05, 0) is 62.2 Å². The number of ether oxygens (including phenoxy) is 1. The van der Waals surface area contributed by atoms with Crippen molar-refractivity contribution in [2.45, 2.75) is 32.9 Å². The number of hydrogen-bond acceptors (Lipinski definition) is 5. The summed E-state index contributed by atoms with van der Waals surface area (Å²) in [6.07, 6.45) is 3.51. The van der Waals surface area contributed by atoms with Crippen LogP contribution in [-0.4, -0.2) is 44.6 Å². The Morgan fingerprint density at radius 3 is 2.52 bits per heavy atom. The molecular weight excluding hydrogens is 504 g/mol. The minimum atomic E-state index is -1.46. The molecule has 5 rings (SSSR count). The molecule has 1 unspecified atom stereocenters. The van der Waals surface area contributed by atoms with Crippen molar-refractivity contribution in [2.24, 2.45) is 0 Å². The van der Waals surface area contributed by atoms with Crippen molar-refractivity contribution >= 4 is 22.7 Å². The van der Waals surface area contributed by atoms with E-state index in [2.05, 4.69) is 34.0 Å². The monoisotopic (exact) mass is 532 g/mol. The quantitative estimate of drug-likeness (QED) is 0.268. The first kappa shape index (κ1) is 26.4. The average Bonchev–Trinajstić information content (AvgIpc) is 3.39. The number of rotatable bonds is 7. The lowest BCUT2D eigenvalue weighted by Crippen LogP contribution is -2.50. The number of pyridine rings is 1. The van der Waals surface area contributed by atoms with Gasteiger partial charge in [-0.2, -0.15) is 0 Å². The molecule has 2 aromatic carbocycles. The highest BCUT2D eigenvalue weighted by molar-refractivity contribution is 6.07. The van der Waals surface area contributed by atoms with E-state index in [0.717, 1.165) is 22.2 Å². The van der Waals surface area contributed by atoms with Gasteiger partial charge in [-0.15, -0.1) is 11.8 Å². The number of hydrogen-bond donors (Lipinski definition) is 2. The molecule has 40 heavy (non-hydrogen) atoms. The SMILES string of the molecule is CC#CCOc1ccc2cn(CC3(c4ccc(-c5cc(C)ccn5)cc4)C(=O)NC(=O)N3CC#CC)c(O)c2c1. The number of aryl methyl sites for hydroxylation is 1. The van der Waals surface area contributed by atoms with E-state index < -0.39 is 17.5 Å². The zero-order valence-electron chi connectivity index (χ0n) is 22.5. The number of nitrogens with one attached hydrogen (secondary N) is 1. The summed E-state index contributed by atoms with van der Waals surface area (Å²) in [4.78, 5) is 32.6. The van der Waals surface area contributed by atoms with Crippen molar-refractivity contribution in [3.8, 4) is 46.6 Å². The first-order valence-corrected chi connectivity index (χ1v) is 12.8. The summed E-state index contributed by atoms with van der Waals surface area (Å²) >= 11 is 0. The number of aromatic nitrogens is 2. The molecule has 1 saturated heterocycles. The zero-order chi connectivity index (χ0) is 28.3. The van der Waals surface area contributed by atoms with Crippen LogP contribution in [0.5, 0.6) is 11.6 Å². The summed E-state index contributed by atoms with van der Waals surface area (Å²) in [5, 5.41) is 15.0. The number of aromatic hydroxyl groups is 1. The van der Waals surface area contributed by atoms with Crippen molar-refractivity contribution in [1.82, 2.24) is 19.8 Å². The number of fused-ring (bicyclic) bond motifs is 1. The third kappa shape index (κ3) is 4.72. The summed E-state index contributed by atoms with van der Waals surface area (Å²) in [5.74, 6) is 11.4. The predicted octanol–water partition coefficient (Wildman–Crippen LogP) is 4.59. The maximum Gasteiger partial charge on any atom is 0.326 e. The van der Waals surface area contributed by atoms with Crippen LogP contribution in [0.25, 0.3) is 22.0 Å². The molecule has 1 aliphatic rings. The standard InChI is InChI=1S/C32H28N4O4/c1-4-6-16-36-31(39)34-30(38)32(36,25-11-8-23(9-12-25)28-18-22(3)14-15-33-28)21-35-20-24-10-13-26(40-17-7-5-2)19-27(24)29(35)37/h8-15,18-20,37H,16-17,21H2,1-3H3,(H,34,38,39). The van der Waals surface area contributed by atoms with E-state index in [9.17, 15) is 14.7 Å². The molecule has 0 radical (unpaired) electrons. The fraction of sp³-hybridized carbons (Fsp3) is 0.219. The first-order chi connectivity index (χ1) is 19.4. The van der Waals surface area contributed by atoms with Crippen LogP contribution >= 0.6 is 0 Å². The van der Waals surface area contributed by atoms with Gasteiger partial charge in [-0.1, -0.05) is 36.1 Å². The Morgan fingerprint density at radius 2 is 1.80 bits per heavy atom. The van der Waals surface area contributed by atoms with Crippen LogP contribution < -0.4 is 10.1 Å². The second kappa shape index (κ2) is 10.9. The highest BCUT2D eigenvalue weighted by Gasteiger charge is 2.54. The van der Waals surface area contributed by atoms with Crippen molar-refractivity contribution in [3.63, 3.8) is 0 Å². The van der Waals surface area contributed by atoms with E-state index in [-0.39, 0.29) is 25.6 Å². The topological polar surface area (TPSA) is 96.7 Å². The minimum absolute atomic E-state index is 0.0317. The summed E-state index contributed by atoms with van der Waals surface area (Å²) in [5.41, 5.74) is 1.89. The average molecular weight is 533 g/mol. The molecule has 2 aromatic heterocycles. The Balaban J connectivity index is 1.59. The van der Waals surface area contributed by atoms with Gasteiger partial charge in [0.25, 0.3) is 5.91 Å². The van der Waals surface area contributed by atoms with Gasteiger partial charge in [-0.25, -0.2) is 4.79 Å². The molecule has 0 bridgehead atoms. The summed E-state index contributed by atoms with van der Waals surface area (Å²) in [6.45, 7) is 5.65. The molecule has 1 atom stereocenters. The van der Waals surface area contributed by atoms with Crippen molar-refractivity contribution in [2.75, 3.05) is 13.2 Å². The van der Waals surface area contributed by atoms with Gasteiger partial charge in [-0.3, -0.25) is 20.0 Å². The van der Waals surface area contributed by atoms with E-state index in [1.54, 1.807) is 42.9 Å². The number of amides is 3. The zero-order valence-corrected chi connectivity index (χ0v) is 22.5. The van der Waals surface area contributed by atoms with E-state index >= 15 is 0 Å². The van der Waals surface area contributed by atoms with Crippen LogP contribution in [0.2, 0.25) is 0 Å². The van der Waals surface area contributed by atoms with Gasteiger partial charge in [0, 0.05) is 28.7 Å². The Kier molecular flexibility index (Phi) is 7.18. The van der Waals surface area contributed by atoms with Crippen LogP contribution in [0.15, 0.2) is 67.0 Å². The van der Waals surface area contributed by atoms with Gasteiger partial charge in [0.1, 0.15) is 12.4 Å². The number of imide groups is 1. The van der Waals surface area contributed by atoms with Crippen LogP contribution in [0, 0.1) is 30.6 Å². The minimum Gasteiger partial charge on any atom is -0.494 e. The highest BCUT2D eigenvalue weighted by atomic mass is 16.5. The Morgan fingerprint density at radius 1 is 1.02 bits per heavy atom. The summed E-state index contributed by atoms with van der Waals surface area (Å²) in [7, 11) is 0. The fourth-order valence-corrected chi connectivity index (χ4v) is 4.95. The number of urea groups is 1. The normalized spacial score (nSPS) is 16.2. The van der Waals surface area contributed by atoms with Gasteiger partial charge >= 0.3 is 6.03 Å². The second-order valence-electron chi connectivity index (χ2n) is 9.47. The second-order valence-corrected chi connectivity index (χ2v) is 9.47. The smallest absolute Gasteiger partial charge is 0.326 e.